The van der Waals surface area contributed by atoms with Crippen LogP contribution in [0.1, 0.15) is 50.8 Å². The SMILES string of the molecule is CCCn1ncc(OC)c1C(CSC1CCCC1)NC. The molecule has 1 N–H and O–H groups in total. The van der Waals surface area contributed by atoms with Crippen LogP contribution in [0, 0.1) is 0 Å². The Bertz CT molecular complexity index is 402. The van der Waals surface area contributed by atoms with E-state index in [1.54, 1.807) is 7.11 Å². The van der Waals surface area contributed by atoms with Crippen molar-refractivity contribution in [3.8, 4) is 5.75 Å². The molecule has 114 valence electrons. The van der Waals surface area contributed by atoms with Crippen molar-refractivity contribution in [2.75, 3.05) is 19.9 Å². The van der Waals surface area contributed by atoms with Gasteiger partial charge in [-0.05, 0) is 26.3 Å². The molecule has 1 saturated carbocycles. The van der Waals surface area contributed by atoms with Crippen LogP contribution in [0.15, 0.2) is 6.20 Å². The fourth-order valence-corrected chi connectivity index (χ4v) is 4.32. The maximum absolute atomic E-state index is 5.49. The number of nitrogens with zero attached hydrogens (tertiary/aromatic N) is 2. The van der Waals surface area contributed by atoms with E-state index in [4.69, 9.17) is 4.74 Å². The molecular formula is C15H27N3OS. The lowest BCUT2D eigenvalue weighted by Crippen LogP contribution is -2.24. The summed E-state index contributed by atoms with van der Waals surface area (Å²) in [6.45, 7) is 3.13. The van der Waals surface area contributed by atoms with Crippen molar-refractivity contribution in [2.45, 2.75) is 56.9 Å². The van der Waals surface area contributed by atoms with E-state index in [-0.39, 0.29) is 0 Å². The van der Waals surface area contributed by atoms with Gasteiger partial charge >= 0.3 is 0 Å². The van der Waals surface area contributed by atoms with Gasteiger partial charge in [0, 0.05) is 17.5 Å². The predicted molar refractivity (Wildman–Crippen MR) is 85.6 cm³/mol. The summed E-state index contributed by atoms with van der Waals surface area (Å²) in [5.74, 6) is 2.00. The van der Waals surface area contributed by atoms with Crippen molar-refractivity contribution in [1.82, 2.24) is 15.1 Å². The standard InChI is InChI=1S/C15H27N3OS/c1-4-9-18-15(14(19-3)10-17-18)13(16-2)11-20-12-7-5-6-8-12/h10,12-13,16H,4-9,11H2,1-3H3. The number of aryl methyl sites for hydroxylation is 1. The van der Waals surface area contributed by atoms with Crippen LogP contribution in [0.25, 0.3) is 0 Å². The zero-order valence-corrected chi connectivity index (χ0v) is 13.7. The van der Waals surface area contributed by atoms with Crippen molar-refractivity contribution in [1.29, 1.82) is 0 Å². The molecular weight excluding hydrogens is 270 g/mol. The number of thioether (sulfide) groups is 1. The molecule has 1 aliphatic carbocycles. The van der Waals surface area contributed by atoms with Crippen LogP contribution in [0.2, 0.25) is 0 Å². The number of rotatable bonds is 8. The number of hydrogen-bond donors (Lipinski definition) is 1. The van der Waals surface area contributed by atoms with E-state index < -0.39 is 0 Å². The molecule has 5 heteroatoms. The lowest BCUT2D eigenvalue weighted by molar-refractivity contribution is 0.398. The smallest absolute Gasteiger partial charge is 0.161 e. The molecule has 1 unspecified atom stereocenters. The van der Waals surface area contributed by atoms with Crippen LogP contribution < -0.4 is 10.1 Å². The molecule has 4 nitrogen and oxygen atoms in total. The van der Waals surface area contributed by atoms with Crippen molar-refractivity contribution in [2.24, 2.45) is 0 Å². The van der Waals surface area contributed by atoms with E-state index >= 15 is 0 Å². The van der Waals surface area contributed by atoms with Gasteiger partial charge in [0.05, 0.1) is 25.0 Å². The van der Waals surface area contributed by atoms with Gasteiger partial charge in [-0.1, -0.05) is 19.8 Å². The number of aromatic nitrogens is 2. The Morgan fingerprint density at radius 1 is 1.50 bits per heavy atom. The van der Waals surface area contributed by atoms with Crippen LogP contribution in [0.3, 0.4) is 0 Å². The van der Waals surface area contributed by atoms with Gasteiger partial charge in [-0.3, -0.25) is 4.68 Å². The summed E-state index contributed by atoms with van der Waals surface area (Å²) in [7, 11) is 3.76. The minimum Gasteiger partial charge on any atom is -0.493 e. The summed E-state index contributed by atoms with van der Waals surface area (Å²) >= 11 is 2.10. The molecule has 0 saturated heterocycles. The molecule has 0 aromatic carbocycles. The number of hydrogen-bond acceptors (Lipinski definition) is 4. The second-order valence-electron chi connectivity index (χ2n) is 5.40. The van der Waals surface area contributed by atoms with Crippen molar-refractivity contribution in [3.63, 3.8) is 0 Å². The first-order valence-electron chi connectivity index (χ1n) is 7.68. The van der Waals surface area contributed by atoms with Gasteiger partial charge in [0.25, 0.3) is 0 Å². The number of methoxy groups -OCH3 is 1. The summed E-state index contributed by atoms with van der Waals surface area (Å²) in [5.41, 5.74) is 1.20. The van der Waals surface area contributed by atoms with E-state index in [1.165, 1.54) is 31.4 Å². The average Bonchev–Trinajstić information content (AvgIpc) is 3.10. The quantitative estimate of drug-likeness (QED) is 0.799. The first-order valence-corrected chi connectivity index (χ1v) is 8.73. The topological polar surface area (TPSA) is 39.1 Å². The van der Waals surface area contributed by atoms with Gasteiger partial charge in [0.1, 0.15) is 0 Å². The fourth-order valence-electron chi connectivity index (χ4n) is 2.86. The summed E-state index contributed by atoms with van der Waals surface area (Å²) in [4.78, 5) is 0. The molecule has 20 heavy (non-hydrogen) atoms. The summed E-state index contributed by atoms with van der Waals surface area (Å²) in [6, 6.07) is 0.310. The van der Waals surface area contributed by atoms with Gasteiger partial charge < -0.3 is 10.1 Å². The Morgan fingerprint density at radius 2 is 2.25 bits per heavy atom. The highest BCUT2D eigenvalue weighted by Crippen LogP contribution is 2.34. The highest BCUT2D eigenvalue weighted by molar-refractivity contribution is 7.99. The Labute approximate surface area is 126 Å². The molecule has 1 aromatic rings. The Hall–Kier alpha value is -0.680. The van der Waals surface area contributed by atoms with Crippen LogP contribution in [-0.2, 0) is 6.54 Å². The lowest BCUT2D eigenvalue weighted by atomic mass is 10.2. The molecule has 0 spiro atoms. The summed E-state index contributed by atoms with van der Waals surface area (Å²) < 4.78 is 7.59. The number of ether oxygens (including phenoxy) is 1. The molecule has 0 amide bonds. The molecule has 1 atom stereocenters. The van der Waals surface area contributed by atoms with Crippen LogP contribution in [-0.4, -0.2) is 34.9 Å². The Balaban J connectivity index is 2.06. The minimum atomic E-state index is 0.310. The van der Waals surface area contributed by atoms with E-state index in [1.807, 2.05) is 13.2 Å². The highest BCUT2D eigenvalue weighted by atomic mass is 32.2. The molecule has 0 radical (unpaired) electrons. The normalized spacial score (nSPS) is 17.6. The van der Waals surface area contributed by atoms with Gasteiger partial charge in [-0.2, -0.15) is 16.9 Å². The second-order valence-corrected chi connectivity index (χ2v) is 6.74. The second kappa shape index (κ2) is 7.93. The molecule has 1 aromatic heterocycles. The van der Waals surface area contributed by atoms with Crippen molar-refractivity contribution in [3.05, 3.63) is 11.9 Å². The molecule has 1 fully saturated rings. The zero-order valence-electron chi connectivity index (χ0n) is 12.9. The fraction of sp³-hybridized carbons (Fsp3) is 0.800. The van der Waals surface area contributed by atoms with E-state index in [0.717, 1.165) is 29.7 Å². The van der Waals surface area contributed by atoms with Crippen LogP contribution in [0.4, 0.5) is 0 Å². The predicted octanol–water partition coefficient (Wildman–Crippen LogP) is 3.24. The van der Waals surface area contributed by atoms with Gasteiger partial charge in [-0.15, -0.1) is 0 Å². The van der Waals surface area contributed by atoms with E-state index in [2.05, 4.69) is 33.8 Å². The Kier molecular flexibility index (Phi) is 6.23. The molecule has 1 aliphatic rings. The third-order valence-corrected chi connectivity index (χ3v) is 5.45. The van der Waals surface area contributed by atoms with Crippen molar-refractivity contribution < 1.29 is 4.74 Å². The zero-order chi connectivity index (χ0) is 14.4. The molecule has 2 rings (SSSR count). The maximum atomic E-state index is 5.49. The average molecular weight is 297 g/mol. The van der Waals surface area contributed by atoms with Gasteiger partial charge in [0.2, 0.25) is 0 Å². The maximum Gasteiger partial charge on any atom is 0.161 e. The van der Waals surface area contributed by atoms with E-state index in [0.29, 0.717) is 6.04 Å². The molecule has 0 bridgehead atoms. The third kappa shape index (κ3) is 3.70. The first-order chi connectivity index (χ1) is 9.80. The minimum absolute atomic E-state index is 0.310. The highest BCUT2D eigenvalue weighted by Gasteiger charge is 2.23. The monoisotopic (exact) mass is 297 g/mol. The molecule has 1 heterocycles. The van der Waals surface area contributed by atoms with Crippen LogP contribution in [0.5, 0.6) is 5.75 Å². The first kappa shape index (κ1) is 15.7. The van der Waals surface area contributed by atoms with Crippen molar-refractivity contribution >= 4 is 11.8 Å². The molecule has 0 aliphatic heterocycles. The van der Waals surface area contributed by atoms with Crippen LogP contribution >= 0.6 is 11.8 Å². The largest absolute Gasteiger partial charge is 0.493 e. The summed E-state index contributed by atoms with van der Waals surface area (Å²) in [5, 5.41) is 8.75. The lowest BCUT2D eigenvalue weighted by Gasteiger charge is -2.20. The third-order valence-electron chi connectivity index (χ3n) is 3.98. The van der Waals surface area contributed by atoms with E-state index in [9.17, 15) is 0 Å². The van der Waals surface area contributed by atoms with Gasteiger partial charge in [0.15, 0.2) is 5.75 Å². The summed E-state index contributed by atoms with van der Waals surface area (Å²) in [6.07, 6.45) is 8.50. The number of nitrogens with one attached hydrogen (secondary N) is 1. The Morgan fingerprint density at radius 3 is 2.85 bits per heavy atom. The van der Waals surface area contributed by atoms with Gasteiger partial charge in [-0.25, -0.2) is 0 Å².